The molecule has 0 saturated carbocycles. The first-order chi connectivity index (χ1) is 7.51. The van der Waals surface area contributed by atoms with Gasteiger partial charge >= 0.3 is 5.97 Å². The van der Waals surface area contributed by atoms with E-state index in [1.54, 1.807) is 0 Å². The number of rotatable bonds is 4. The summed E-state index contributed by atoms with van der Waals surface area (Å²) in [5, 5.41) is 3.22. The largest absolute Gasteiger partial charge is 0.467 e. The first kappa shape index (κ1) is 12.6. The highest BCUT2D eigenvalue weighted by Crippen LogP contribution is 2.20. The number of aryl methyl sites for hydroxylation is 1. The molecule has 0 saturated heterocycles. The van der Waals surface area contributed by atoms with Crippen molar-refractivity contribution in [2.45, 2.75) is 32.7 Å². The second kappa shape index (κ2) is 5.01. The number of methoxy groups -OCH3 is 1. The maximum atomic E-state index is 11.7. The molecule has 3 heteroatoms. The lowest BCUT2D eigenvalue weighted by Crippen LogP contribution is -2.43. The molecule has 0 aromatic heterocycles. The van der Waals surface area contributed by atoms with Crippen molar-refractivity contribution in [1.82, 2.24) is 0 Å². The number of hydrogen-bond acceptors (Lipinski definition) is 3. The summed E-state index contributed by atoms with van der Waals surface area (Å²) in [5.74, 6) is -0.239. The number of benzene rings is 1. The third-order valence-corrected chi connectivity index (χ3v) is 2.78. The minimum atomic E-state index is -0.664. The molecule has 0 bridgehead atoms. The molecule has 0 radical (unpaired) electrons. The Kier molecular flexibility index (Phi) is 3.93. The van der Waals surface area contributed by atoms with E-state index in [1.165, 1.54) is 7.11 Å². The molecule has 1 rings (SSSR count). The SMILES string of the molecule is CCC(C)(Nc1cccc(C)c1)C(=O)OC. The van der Waals surface area contributed by atoms with Gasteiger partial charge in [0.05, 0.1) is 7.11 Å². The van der Waals surface area contributed by atoms with E-state index >= 15 is 0 Å². The molecule has 16 heavy (non-hydrogen) atoms. The second-order valence-corrected chi connectivity index (χ2v) is 4.17. The Balaban J connectivity index is 2.89. The fraction of sp³-hybridized carbons (Fsp3) is 0.462. The number of carbonyl (C=O) groups excluding carboxylic acids is 1. The number of hydrogen-bond donors (Lipinski definition) is 1. The predicted molar refractivity (Wildman–Crippen MR) is 65.5 cm³/mol. The van der Waals surface area contributed by atoms with Crippen LogP contribution >= 0.6 is 0 Å². The lowest BCUT2D eigenvalue weighted by molar-refractivity contribution is -0.145. The van der Waals surface area contributed by atoms with E-state index in [1.807, 2.05) is 45.0 Å². The molecule has 0 aliphatic rings. The quantitative estimate of drug-likeness (QED) is 0.794. The zero-order valence-electron chi connectivity index (χ0n) is 10.3. The number of esters is 1. The summed E-state index contributed by atoms with van der Waals surface area (Å²) in [4.78, 5) is 11.7. The molecule has 0 amide bonds. The molecule has 1 N–H and O–H groups in total. The smallest absolute Gasteiger partial charge is 0.331 e. The molecule has 0 aliphatic carbocycles. The predicted octanol–water partition coefficient (Wildman–Crippen LogP) is 2.75. The number of anilines is 1. The van der Waals surface area contributed by atoms with E-state index < -0.39 is 5.54 Å². The van der Waals surface area contributed by atoms with Gasteiger partial charge in [0.2, 0.25) is 0 Å². The monoisotopic (exact) mass is 221 g/mol. The van der Waals surface area contributed by atoms with Crippen molar-refractivity contribution in [3.8, 4) is 0 Å². The first-order valence-electron chi connectivity index (χ1n) is 5.45. The fourth-order valence-corrected chi connectivity index (χ4v) is 1.55. The topological polar surface area (TPSA) is 38.3 Å². The molecule has 1 aromatic rings. The third-order valence-electron chi connectivity index (χ3n) is 2.78. The Morgan fingerprint density at radius 2 is 2.19 bits per heavy atom. The average Bonchev–Trinajstić information content (AvgIpc) is 2.27. The fourth-order valence-electron chi connectivity index (χ4n) is 1.55. The Hall–Kier alpha value is -1.51. The van der Waals surface area contributed by atoms with Crippen molar-refractivity contribution in [3.63, 3.8) is 0 Å². The Morgan fingerprint density at radius 3 is 2.69 bits per heavy atom. The highest BCUT2D eigenvalue weighted by molar-refractivity contribution is 5.83. The molecule has 1 unspecified atom stereocenters. The van der Waals surface area contributed by atoms with E-state index in [0.717, 1.165) is 11.3 Å². The van der Waals surface area contributed by atoms with Crippen LogP contribution < -0.4 is 5.32 Å². The Labute approximate surface area is 96.8 Å². The lowest BCUT2D eigenvalue weighted by Gasteiger charge is -2.27. The Bertz CT molecular complexity index is 376. The molecular formula is C13H19NO2. The van der Waals surface area contributed by atoms with Crippen molar-refractivity contribution in [1.29, 1.82) is 0 Å². The van der Waals surface area contributed by atoms with E-state index in [9.17, 15) is 4.79 Å². The summed E-state index contributed by atoms with van der Waals surface area (Å²) in [6.07, 6.45) is 0.674. The minimum absolute atomic E-state index is 0.239. The van der Waals surface area contributed by atoms with Gasteiger partial charge < -0.3 is 10.1 Å². The first-order valence-corrected chi connectivity index (χ1v) is 5.45. The van der Waals surface area contributed by atoms with Crippen LogP contribution in [0.25, 0.3) is 0 Å². The van der Waals surface area contributed by atoms with Gasteiger partial charge in [0.1, 0.15) is 5.54 Å². The van der Waals surface area contributed by atoms with Crippen molar-refractivity contribution < 1.29 is 9.53 Å². The minimum Gasteiger partial charge on any atom is -0.467 e. The van der Waals surface area contributed by atoms with E-state index in [2.05, 4.69) is 5.32 Å². The zero-order chi connectivity index (χ0) is 12.2. The molecule has 0 fully saturated rings. The molecule has 3 nitrogen and oxygen atoms in total. The average molecular weight is 221 g/mol. The molecule has 0 heterocycles. The summed E-state index contributed by atoms with van der Waals surface area (Å²) >= 11 is 0. The maximum absolute atomic E-state index is 11.7. The number of carbonyl (C=O) groups is 1. The van der Waals surface area contributed by atoms with Gasteiger partial charge in [-0.25, -0.2) is 4.79 Å². The van der Waals surface area contributed by atoms with Crippen molar-refractivity contribution in [2.24, 2.45) is 0 Å². The van der Waals surface area contributed by atoms with Crippen LogP contribution in [-0.2, 0) is 9.53 Å². The van der Waals surface area contributed by atoms with Gasteiger partial charge in [-0.15, -0.1) is 0 Å². The van der Waals surface area contributed by atoms with Crippen molar-refractivity contribution >= 4 is 11.7 Å². The highest BCUT2D eigenvalue weighted by Gasteiger charge is 2.32. The molecule has 88 valence electrons. The van der Waals surface area contributed by atoms with E-state index in [4.69, 9.17) is 4.74 Å². The van der Waals surface area contributed by atoms with Crippen LogP contribution in [0.2, 0.25) is 0 Å². The van der Waals surface area contributed by atoms with Gasteiger partial charge in [-0.2, -0.15) is 0 Å². The van der Waals surface area contributed by atoms with Crippen LogP contribution in [0.3, 0.4) is 0 Å². The van der Waals surface area contributed by atoms with E-state index in [0.29, 0.717) is 6.42 Å². The van der Waals surface area contributed by atoms with Crippen molar-refractivity contribution in [3.05, 3.63) is 29.8 Å². The van der Waals surface area contributed by atoms with Crippen LogP contribution in [0.5, 0.6) is 0 Å². The summed E-state index contributed by atoms with van der Waals surface area (Å²) in [7, 11) is 1.41. The van der Waals surface area contributed by atoms with E-state index in [-0.39, 0.29) is 5.97 Å². The van der Waals surface area contributed by atoms with Crippen LogP contribution in [0.4, 0.5) is 5.69 Å². The van der Waals surface area contributed by atoms with Crippen LogP contribution in [0.15, 0.2) is 24.3 Å². The molecule has 0 spiro atoms. The highest BCUT2D eigenvalue weighted by atomic mass is 16.5. The molecule has 0 aliphatic heterocycles. The Morgan fingerprint density at radius 1 is 1.50 bits per heavy atom. The molecular weight excluding hydrogens is 202 g/mol. The summed E-state index contributed by atoms with van der Waals surface area (Å²) in [6.45, 7) is 5.83. The standard InChI is InChI=1S/C13H19NO2/c1-5-13(3,12(15)16-4)14-11-8-6-7-10(2)9-11/h6-9,14H,5H2,1-4H3. The van der Waals surface area contributed by atoms with Crippen LogP contribution in [-0.4, -0.2) is 18.6 Å². The summed E-state index contributed by atoms with van der Waals surface area (Å²) in [5.41, 5.74) is 1.44. The van der Waals surface area contributed by atoms with Gasteiger partial charge in [-0.3, -0.25) is 0 Å². The number of ether oxygens (including phenoxy) is 1. The zero-order valence-corrected chi connectivity index (χ0v) is 10.3. The van der Waals surface area contributed by atoms with Crippen molar-refractivity contribution in [2.75, 3.05) is 12.4 Å². The van der Waals surface area contributed by atoms with Gasteiger partial charge in [-0.05, 0) is 38.0 Å². The third kappa shape index (κ3) is 2.75. The van der Waals surface area contributed by atoms with Gasteiger partial charge in [-0.1, -0.05) is 19.1 Å². The van der Waals surface area contributed by atoms with Gasteiger partial charge in [0.15, 0.2) is 0 Å². The summed E-state index contributed by atoms with van der Waals surface area (Å²) < 4.78 is 4.81. The molecule has 1 aromatic carbocycles. The maximum Gasteiger partial charge on any atom is 0.331 e. The summed E-state index contributed by atoms with van der Waals surface area (Å²) in [6, 6.07) is 7.94. The number of nitrogens with one attached hydrogen (secondary N) is 1. The second-order valence-electron chi connectivity index (χ2n) is 4.17. The normalized spacial score (nSPS) is 14.0. The lowest BCUT2D eigenvalue weighted by atomic mass is 9.98. The van der Waals surface area contributed by atoms with Gasteiger partial charge in [0, 0.05) is 5.69 Å². The molecule has 1 atom stereocenters. The van der Waals surface area contributed by atoms with Gasteiger partial charge in [0.25, 0.3) is 0 Å². The van der Waals surface area contributed by atoms with Crippen LogP contribution in [0.1, 0.15) is 25.8 Å². The van der Waals surface area contributed by atoms with Crippen LogP contribution in [0, 0.1) is 6.92 Å².